The molecule has 15 rings (SSSR count). The fraction of sp³-hybridized carbons (Fsp3) is 0.230. The molecule has 0 unspecified atom stereocenters. The number of hydrogen-bond donors (Lipinski definition) is 0. The molecule has 2 aromatic heterocycles. The van der Waals surface area contributed by atoms with E-state index in [1.54, 1.807) is 0 Å². The molecule has 0 N–H and O–H groups in total. The zero-order chi connectivity index (χ0) is 46.1. The van der Waals surface area contributed by atoms with E-state index >= 15 is 4.79 Å². The molecule has 10 aromatic rings. The monoisotopic (exact) mass is 880 g/mol. The van der Waals surface area contributed by atoms with Crippen LogP contribution in [-0.4, -0.2) is 19.5 Å². The second-order valence-corrected chi connectivity index (χ2v) is 23.3. The van der Waals surface area contributed by atoms with Gasteiger partial charge in [0.25, 0.3) is 0 Å². The van der Waals surface area contributed by atoms with Gasteiger partial charge in [0, 0.05) is 16.2 Å². The highest BCUT2D eigenvalue weighted by Crippen LogP contribution is 2.63. The van der Waals surface area contributed by atoms with Gasteiger partial charge in [0.1, 0.15) is 22.3 Å². The van der Waals surface area contributed by atoms with E-state index in [2.05, 4.69) is 187 Å². The molecule has 0 spiro atoms. The highest BCUT2D eigenvalue weighted by Gasteiger charge is 2.59. The fourth-order valence-electron chi connectivity index (χ4n) is 15.7. The summed E-state index contributed by atoms with van der Waals surface area (Å²) in [6.45, 7) is 19.6. The average molecular weight is 881 g/mol. The Balaban J connectivity index is 1.26. The Morgan fingerprint density at radius 2 is 0.779 bits per heavy atom. The highest BCUT2D eigenvalue weighted by molar-refractivity contribution is 7.00. The fourth-order valence-corrected chi connectivity index (χ4v) is 15.7. The van der Waals surface area contributed by atoms with Crippen molar-refractivity contribution in [1.29, 1.82) is 0 Å². The maximum atomic E-state index is 17.3. The van der Waals surface area contributed by atoms with E-state index in [-0.39, 0.29) is 41.1 Å². The SMILES string of the molecule is CC1(C)CC(C)(C)c2c1c1c3c4c5c(c6c(c24)C(C)(C)CC6(C)C)B(c2ccccc2)c2ccc4oc6ccccc6c4c2N5C(=O)N3c2c(ccc3oc4ccccc4c23)B1c1ccccc1. The summed E-state index contributed by atoms with van der Waals surface area (Å²) >= 11 is 0. The summed E-state index contributed by atoms with van der Waals surface area (Å²) in [6, 6.07) is 47.7. The predicted molar refractivity (Wildman–Crippen MR) is 285 cm³/mol. The molecule has 0 bridgehead atoms. The molecule has 8 aromatic carbocycles. The molecule has 5 aliphatic rings. The van der Waals surface area contributed by atoms with Crippen molar-refractivity contribution < 1.29 is 13.6 Å². The average Bonchev–Trinajstić information content (AvgIpc) is 4.00. The van der Waals surface area contributed by atoms with Gasteiger partial charge in [0.2, 0.25) is 13.4 Å². The van der Waals surface area contributed by atoms with Crippen LogP contribution in [0.1, 0.15) is 90.5 Å². The van der Waals surface area contributed by atoms with Crippen LogP contribution in [0, 0.1) is 0 Å². The Hall–Kier alpha value is -6.98. The first kappa shape index (κ1) is 39.1. The minimum absolute atomic E-state index is 0.0672. The number of carbonyl (C=O) groups is 1. The van der Waals surface area contributed by atoms with Crippen LogP contribution < -0.4 is 42.6 Å². The number of hydrogen-bond acceptors (Lipinski definition) is 3. The summed E-state index contributed by atoms with van der Waals surface area (Å²) < 4.78 is 13.5. The van der Waals surface area contributed by atoms with Crippen LogP contribution >= 0.6 is 0 Å². The van der Waals surface area contributed by atoms with Gasteiger partial charge in [-0.15, -0.1) is 0 Å². The van der Waals surface area contributed by atoms with E-state index in [1.807, 2.05) is 12.1 Å². The third-order valence-electron chi connectivity index (χ3n) is 17.1. The van der Waals surface area contributed by atoms with Gasteiger partial charge in [-0.2, -0.15) is 0 Å². The van der Waals surface area contributed by atoms with Gasteiger partial charge in [0.05, 0.1) is 33.5 Å². The van der Waals surface area contributed by atoms with Crippen molar-refractivity contribution in [2.24, 2.45) is 0 Å². The number of furan rings is 2. The van der Waals surface area contributed by atoms with E-state index in [9.17, 15) is 0 Å². The molecule has 0 atom stereocenters. The van der Waals surface area contributed by atoms with Crippen molar-refractivity contribution in [2.45, 2.75) is 89.9 Å². The number of para-hydroxylation sites is 2. The summed E-state index contributed by atoms with van der Waals surface area (Å²) in [5, 5.41) is 6.54. The van der Waals surface area contributed by atoms with Crippen molar-refractivity contribution >= 4 is 130 Å². The molecule has 7 heteroatoms. The molecule has 0 saturated heterocycles. The lowest BCUT2D eigenvalue weighted by Gasteiger charge is -2.49. The van der Waals surface area contributed by atoms with E-state index in [0.29, 0.717) is 0 Å². The van der Waals surface area contributed by atoms with E-state index < -0.39 is 0 Å². The van der Waals surface area contributed by atoms with Crippen LogP contribution in [-0.2, 0) is 21.7 Å². The number of urea groups is 1. The molecular formula is C61H50B2N2O3. The first-order chi connectivity index (χ1) is 32.7. The van der Waals surface area contributed by atoms with Gasteiger partial charge in [-0.25, -0.2) is 4.79 Å². The summed E-state index contributed by atoms with van der Waals surface area (Å²) in [4.78, 5) is 21.7. The number of nitrogens with zero attached hydrogens (tertiary/aromatic N) is 2. The third-order valence-corrected chi connectivity index (χ3v) is 17.1. The largest absolute Gasteiger partial charge is 0.456 e. The van der Waals surface area contributed by atoms with Crippen molar-refractivity contribution in [2.75, 3.05) is 9.80 Å². The molecular weight excluding hydrogens is 830 g/mol. The summed E-state index contributed by atoms with van der Waals surface area (Å²) in [5.41, 5.74) is 19.3. The zero-order valence-corrected chi connectivity index (χ0v) is 39.9. The molecule has 5 nitrogen and oxygen atoms in total. The van der Waals surface area contributed by atoms with Crippen LogP contribution in [0.15, 0.2) is 142 Å². The molecule has 3 aliphatic heterocycles. The van der Waals surface area contributed by atoms with Crippen LogP contribution in [0.25, 0.3) is 54.6 Å². The van der Waals surface area contributed by atoms with Gasteiger partial charge >= 0.3 is 6.03 Å². The topological polar surface area (TPSA) is 49.8 Å². The first-order valence-electron chi connectivity index (χ1n) is 24.6. The van der Waals surface area contributed by atoms with Crippen molar-refractivity contribution in [3.8, 4) is 0 Å². The Bertz CT molecular complexity index is 3720. The molecule has 2 amide bonds. The molecule has 68 heavy (non-hydrogen) atoms. The molecule has 5 heterocycles. The van der Waals surface area contributed by atoms with E-state index in [4.69, 9.17) is 8.83 Å². The lowest BCUT2D eigenvalue weighted by molar-refractivity contribution is 0.255. The van der Waals surface area contributed by atoms with Crippen LogP contribution in [0.2, 0.25) is 0 Å². The molecule has 328 valence electrons. The number of carbonyl (C=O) groups excluding carboxylic acids is 1. The van der Waals surface area contributed by atoms with Crippen molar-refractivity contribution in [3.05, 3.63) is 156 Å². The van der Waals surface area contributed by atoms with Crippen LogP contribution in [0.5, 0.6) is 0 Å². The maximum absolute atomic E-state index is 17.3. The second kappa shape index (κ2) is 12.4. The number of benzene rings is 8. The summed E-state index contributed by atoms with van der Waals surface area (Å²) in [7, 11) is 0. The normalized spacial score (nSPS) is 18.6. The van der Waals surface area contributed by atoms with E-state index in [0.717, 1.165) is 90.4 Å². The smallest absolute Gasteiger partial charge is 0.338 e. The highest BCUT2D eigenvalue weighted by atomic mass is 16.3. The molecule has 0 saturated carbocycles. The quantitative estimate of drug-likeness (QED) is 0.163. The van der Waals surface area contributed by atoms with Crippen molar-refractivity contribution in [1.82, 2.24) is 0 Å². The predicted octanol–water partition coefficient (Wildman–Crippen LogP) is 11.6. The van der Waals surface area contributed by atoms with E-state index in [1.165, 1.54) is 54.9 Å². The van der Waals surface area contributed by atoms with Gasteiger partial charge < -0.3 is 8.83 Å². The molecule has 2 aliphatic carbocycles. The Labute approximate surface area is 396 Å². The van der Waals surface area contributed by atoms with Gasteiger partial charge in [-0.1, -0.05) is 176 Å². The number of amides is 2. The molecule has 0 fully saturated rings. The summed E-state index contributed by atoms with van der Waals surface area (Å²) in [5.74, 6) is 0. The maximum Gasteiger partial charge on any atom is 0.338 e. The number of anilines is 4. The number of fused-ring (bicyclic) bond motifs is 18. The van der Waals surface area contributed by atoms with Gasteiger partial charge in [-0.05, 0) is 108 Å². The second-order valence-electron chi connectivity index (χ2n) is 23.3. The standard InChI is InChI=1S/C61H50B2N2O3/c1-58(2)31-60(5,6)49-47(58)45-46-55-51(49)62(33-19-11-9-12-20-33)37-27-29-41-43(35-23-15-17-25-39(35)67-41)53(37)64(55)57(66)65-54-38(28-30-42-44(54)36-24-16-18-26-40(36)68-42)63(34-21-13-10-14-22-34)52(56(46)65)50-48(45)59(3,4)32-61(50,7)8/h9-30H,31-32H2,1-8H3. The Morgan fingerprint density at radius 1 is 0.397 bits per heavy atom. The third kappa shape index (κ3) is 4.55. The zero-order valence-electron chi connectivity index (χ0n) is 39.9. The lowest BCUT2D eigenvalue weighted by atomic mass is 9.32. The minimum atomic E-state index is -0.205. The first-order valence-corrected chi connectivity index (χ1v) is 24.6. The van der Waals surface area contributed by atoms with Gasteiger partial charge in [-0.3, -0.25) is 9.80 Å². The van der Waals surface area contributed by atoms with Gasteiger partial charge in [0.15, 0.2) is 0 Å². The van der Waals surface area contributed by atoms with Crippen LogP contribution in [0.3, 0.4) is 0 Å². The van der Waals surface area contributed by atoms with Crippen molar-refractivity contribution in [3.63, 3.8) is 0 Å². The van der Waals surface area contributed by atoms with Crippen LogP contribution in [0.4, 0.5) is 27.5 Å². The number of rotatable bonds is 2. The lowest BCUT2D eigenvalue weighted by Crippen LogP contribution is -2.66. The Morgan fingerprint density at radius 3 is 1.21 bits per heavy atom. The Kier molecular flexibility index (Phi) is 7.10. The minimum Gasteiger partial charge on any atom is -0.456 e. The summed E-state index contributed by atoms with van der Waals surface area (Å²) in [6.07, 6.45) is 1.98. The molecule has 0 radical (unpaired) electrons.